The SMILES string of the molecule is CCCC1CN(CCSc2ccccc2)C(C(C)C)CN1. The highest BCUT2D eigenvalue weighted by Crippen LogP contribution is 2.21. The van der Waals surface area contributed by atoms with Crippen molar-refractivity contribution in [1.82, 2.24) is 10.2 Å². The van der Waals surface area contributed by atoms with E-state index in [1.807, 2.05) is 11.8 Å². The van der Waals surface area contributed by atoms with Crippen molar-refractivity contribution in [2.75, 3.05) is 25.4 Å². The van der Waals surface area contributed by atoms with Crippen LogP contribution < -0.4 is 5.32 Å². The third-order valence-electron chi connectivity index (χ3n) is 4.34. The highest BCUT2D eigenvalue weighted by atomic mass is 32.2. The first-order valence-corrected chi connectivity index (χ1v) is 9.34. The van der Waals surface area contributed by atoms with Gasteiger partial charge in [-0.1, -0.05) is 45.4 Å². The van der Waals surface area contributed by atoms with Crippen molar-refractivity contribution in [1.29, 1.82) is 0 Å². The lowest BCUT2D eigenvalue weighted by atomic mass is 9.97. The maximum Gasteiger partial charge on any atom is 0.0244 e. The molecule has 0 saturated carbocycles. The fraction of sp³-hybridized carbons (Fsp3) is 0.667. The molecule has 1 N–H and O–H groups in total. The summed E-state index contributed by atoms with van der Waals surface area (Å²) in [5.41, 5.74) is 0. The molecule has 2 atom stereocenters. The van der Waals surface area contributed by atoms with E-state index in [4.69, 9.17) is 0 Å². The van der Waals surface area contributed by atoms with E-state index >= 15 is 0 Å². The minimum Gasteiger partial charge on any atom is -0.311 e. The van der Waals surface area contributed by atoms with Gasteiger partial charge < -0.3 is 5.32 Å². The normalized spacial score (nSPS) is 23.6. The minimum atomic E-state index is 0.687. The molecule has 1 aliphatic rings. The van der Waals surface area contributed by atoms with E-state index in [1.54, 1.807) is 0 Å². The molecule has 118 valence electrons. The minimum absolute atomic E-state index is 0.687. The number of piperazine rings is 1. The van der Waals surface area contributed by atoms with Gasteiger partial charge in [0.2, 0.25) is 0 Å². The first kappa shape index (κ1) is 16.9. The summed E-state index contributed by atoms with van der Waals surface area (Å²) >= 11 is 1.98. The second-order valence-electron chi connectivity index (χ2n) is 6.36. The summed E-state index contributed by atoms with van der Waals surface area (Å²) in [7, 11) is 0. The molecule has 1 aliphatic heterocycles. The van der Waals surface area contributed by atoms with Crippen LogP contribution in [0.4, 0.5) is 0 Å². The maximum atomic E-state index is 3.74. The summed E-state index contributed by atoms with van der Waals surface area (Å²) < 4.78 is 0. The Morgan fingerprint density at radius 1 is 1.29 bits per heavy atom. The molecule has 2 rings (SSSR count). The third kappa shape index (κ3) is 5.32. The average Bonchev–Trinajstić information content (AvgIpc) is 2.49. The van der Waals surface area contributed by atoms with Crippen LogP contribution in [0.15, 0.2) is 35.2 Å². The molecule has 1 fully saturated rings. The predicted octanol–water partition coefficient (Wildman–Crippen LogP) is 3.88. The van der Waals surface area contributed by atoms with Crippen LogP contribution in [0.2, 0.25) is 0 Å². The van der Waals surface area contributed by atoms with E-state index in [9.17, 15) is 0 Å². The second kappa shape index (κ2) is 8.82. The molecular formula is C18H30N2S. The molecule has 0 amide bonds. The van der Waals surface area contributed by atoms with Gasteiger partial charge in [-0.05, 0) is 24.5 Å². The van der Waals surface area contributed by atoms with Crippen LogP contribution in [-0.4, -0.2) is 42.4 Å². The largest absolute Gasteiger partial charge is 0.311 e. The summed E-state index contributed by atoms with van der Waals surface area (Å²) in [4.78, 5) is 4.11. The van der Waals surface area contributed by atoms with E-state index < -0.39 is 0 Å². The molecule has 0 aromatic heterocycles. The van der Waals surface area contributed by atoms with Gasteiger partial charge in [-0.3, -0.25) is 4.90 Å². The summed E-state index contributed by atoms with van der Waals surface area (Å²) in [6.45, 7) is 10.5. The molecule has 0 bridgehead atoms. The lowest BCUT2D eigenvalue weighted by Gasteiger charge is -2.42. The van der Waals surface area contributed by atoms with E-state index in [-0.39, 0.29) is 0 Å². The molecule has 1 aromatic carbocycles. The van der Waals surface area contributed by atoms with Gasteiger partial charge in [0, 0.05) is 42.4 Å². The molecule has 2 nitrogen and oxygen atoms in total. The van der Waals surface area contributed by atoms with Crippen LogP contribution in [0.1, 0.15) is 33.6 Å². The van der Waals surface area contributed by atoms with E-state index in [1.165, 1.54) is 36.6 Å². The van der Waals surface area contributed by atoms with Gasteiger partial charge in [-0.25, -0.2) is 0 Å². The van der Waals surface area contributed by atoms with Crippen LogP contribution in [0.3, 0.4) is 0 Å². The number of nitrogens with one attached hydrogen (secondary N) is 1. The van der Waals surface area contributed by atoms with Crippen molar-refractivity contribution < 1.29 is 0 Å². The van der Waals surface area contributed by atoms with E-state index in [2.05, 4.69) is 61.3 Å². The van der Waals surface area contributed by atoms with Gasteiger partial charge in [0.05, 0.1) is 0 Å². The Kier molecular flexibility index (Phi) is 7.08. The summed E-state index contributed by atoms with van der Waals surface area (Å²) in [6, 6.07) is 12.1. The van der Waals surface area contributed by atoms with Gasteiger partial charge >= 0.3 is 0 Å². The van der Waals surface area contributed by atoms with Gasteiger partial charge in [0.15, 0.2) is 0 Å². The number of nitrogens with zero attached hydrogens (tertiary/aromatic N) is 1. The quantitative estimate of drug-likeness (QED) is 0.770. The Balaban J connectivity index is 1.84. The first-order chi connectivity index (χ1) is 10.2. The molecule has 1 saturated heterocycles. The number of benzene rings is 1. The number of rotatable bonds is 7. The van der Waals surface area contributed by atoms with Crippen molar-refractivity contribution in [3.05, 3.63) is 30.3 Å². The molecule has 1 heterocycles. The second-order valence-corrected chi connectivity index (χ2v) is 7.53. The van der Waals surface area contributed by atoms with Crippen molar-refractivity contribution >= 4 is 11.8 Å². The van der Waals surface area contributed by atoms with E-state index in [0.29, 0.717) is 12.1 Å². The maximum absolute atomic E-state index is 3.74. The van der Waals surface area contributed by atoms with Gasteiger partial charge in [0.25, 0.3) is 0 Å². The standard InChI is InChI=1S/C18H30N2S/c1-4-8-16-14-20(18(13-19-16)15(2)3)11-12-21-17-9-6-5-7-10-17/h5-7,9-10,15-16,18-19H,4,8,11-14H2,1-3H3. The molecule has 1 aromatic rings. The Hall–Kier alpha value is -0.510. The fourth-order valence-electron chi connectivity index (χ4n) is 3.15. The van der Waals surface area contributed by atoms with Crippen LogP contribution in [-0.2, 0) is 0 Å². The average molecular weight is 307 g/mol. The zero-order valence-electron chi connectivity index (χ0n) is 13.7. The Labute approximate surface area is 134 Å². The Morgan fingerprint density at radius 2 is 2.05 bits per heavy atom. The number of hydrogen-bond acceptors (Lipinski definition) is 3. The summed E-state index contributed by atoms with van der Waals surface area (Å²) in [6.07, 6.45) is 2.57. The Bertz CT molecular complexity index is 393. The smallest absolute Gasteiger partial charge is 0.0244 e. The monoisotopic (exact) mass is 306 g/mol. The molecule has 0 aliphatic carbocycles. The van der Waals surface area contributed by atoms with E-state index in [0.717, 1.165) is 12.5 Å². The van der Waals surface area contributed by atoms with Gasteiger partial charge in [0.1, 0.15) is 0 Å². The van der Waals surface area contributed by atoms with Crippen molar-refractivity contribution in [2.45, 2.75) is 50.6 Å². The van der Waals surface area contributed by atoms with Crippen LogP contribution in [0.25, 0.3) is 0 Å². The van der Waals surface area contributed by atoms with Crippen molar-refractivity contribution in [3.63, 3.8) is 0 Å². The fourth-order valence-corrected chi connectivity index (χ4v) is 4.06. The molecule has 21 heavy (non-hydrogen) atoms. The van der Waals surface area contributed by atoms with Gasteiger partial charge in [-0.15, -0.1) is 11.8 Å². The topological polar surface area (TPSA) is 15.3 Å². The molecule has 2 unspecified atom stereocenters. The molecule has 3 heteroatoms. The number of thioether (sulfide) groups is 1. The van der Waals surface area contributed by atoms with Crippen LogP contribution >= 0.6 is 11.8 Å². The summed E-state index contributed by atoms with van der Waals surface area (Å²) in [5.74, 6) is 1.91. The third-order valence-corrected chi connectivity index (χ3v) is 5.33. The number of hydrogen-bond donors (Lipinski definition) is 1. The molecule has 0 spiro atoms. The van der Waals surface area contributed by atoms with Crippen molar-refractivity contribution in [3.8, 4) is 0 Å². The highest BCUT2D eigenvalue weighted by Gasteiger charge is 2.28. The van der Waals surface area contributed by atoms with Crippen molar-refractivity contribution in [2.24, 2.45) is 5.92 Å². The lowest BCUT2D eigenvalue weighted by Crippen LogP contribution is -2.58. The molecule has 0 radical (unpaired) electrons. The lowest BCUT2D eigenvalue weighted by molar-refractivity contribution is 0.103. The van der Waals surface area contributed by atoms with Crippen LogP contribution in [0.5, 0.6) is 0 Å². The summed E-state index contributed by atoms with van der Waals surface area (Å²) in [5, 5.41) is 3.74. The molecular weight excluding hydrogens is 276 g/mol. The zero-order valence-corrected chi connectivity index (χ0v) is 14.5. The highest BCUT2D eigenvalue weighted by molar-refractivity contribution is 7.99. The predicted molar refractivity (Wildman–Crippen MR) is 94.1 cm³/mol. The Morgan fingerprint density at radius 3 is 2.71 bits per heavy atom. The van der Waals surface area contributed by atoms with Gasteiger partial charge in [-0.2, -0.15) is 0 Å². The first-order valence-electron chi connectivity index (χ1n) is 8.36. The zero-order chi connectivity index (χ0) is 15.1. The van der Waals surface area contributed by atoms with Crippen LogP contribution in [0, 0.1) is 5.92 Å².